The quantitative estimate of drug-likeness (QED) is 0.892. The van der Waals surface area contributed by atoms with Crippen LogP contribution < -0.4 is 4.74 Å². The van der Waals surface area contributed by atoms with Gasteiger partial charge in [0.1, 0.15) is 5.75 Å². The Hall–Kier alpha value is -1.87. The Kier molecular flexibility index (Phi) is 3.86. The third-order valence-electron chi connectivity index (χ3n) is 3.00. The summed E-state index contributed by atoms with van der Waals surface area (Å²) in [5.41, 5.74) is 2.54. The van der Waals surface area contributed by atoms with Crippen molar-refractivity contribution >= 4 is 0 Å². The van der Waals surface area contributed by atoms with Crippen molar-refractivity contribution in [2.24, 2.45) is 0 Å². The van der Waals surface area contributed by atoms with Crippen LogP contribution in [0.5, 0.6) is 11.5 Å². The molecule has 2 nitrogen and oxygen atoms in total. The van der Waals surface area contributed by atoms with Gasteiger partial charge >= 0.3 is 0 Å². The second kappa shape index (κ2) is 5.41. The molecule has 2 aromatic rings. The summed E-state index contributed by atoms with van der Waals surface area (Å²) in [7, 11) is 0. The average molecular weight is 260 g/mol. The van der Waals surface area contributed by atoms with E-state index >= 15 is 0 Å². The minimum absolute atomic E-state index is 0.165. The van der Waals surface area contributed by atoms with Crippen LogP contribution in [0.4, 0.5) is 4.39 Å². The average Bonchev–Trinajstić information content (AvgIpc) is 2.36. The van der Waals surface area contributed by atoms with Crippen LogP contribution in [0.2, 0.25) is 0 Å². The molecule has 0 aliphatic heterocycles. The maximum Gasteiger partial charge on any atom is 0.166 e. The fourth-order valence-electron chi connectivity index (χ4n) is 1.80. The van der Waals surface area contributed by atoms with Crippen molar-refractivity contribution < 1.29 is 14.2 Å². The van der Waals surface area contributed by atoms with E-state index < -0.39 is 11.9 Å². The van der Waals surface area contributed by atoms with Crippen molar-refractivity contribution in [1.29, 1.82) is 0 Å². The van der Waals surface area contributed by atoms with E-state index in [1.165, 1.54) is 6.07 Å². The Morgan fingerprint density at radius 3 is 2.42 bits per heavy atom. The lowest BCUT2D eigenvalue weighted by Gasteiger charge is -2.12. The summed E-state index contributed by atoms with van der Waals surface area (Å²) < 4.78 is 19.5. The monoisotopic (exact) mass is 260 g/mol. The molecule has 0 aliphatic rings. The Morgan fingerprint density at radius 1 is 1.05 bits per heavy atom. The summed E-state index contributed by atoms with van der Waals surface area (Å²) >= 11 is 0. The fourth-order valence-corrected chi connectivity index (χ4v) is 1.80. The summed E-state index contributed by atoms with van der Waals surface area (Å²) in [6.45, 7) is 5.47. The van der Waals surface area contributed by atoms with Crippen LogP contribution in [-0.2, 0) is 0 Å². The molecule has 0 heterocycles. The summed E-state index contributed by atoms with van der Waals surface area (Å²) in [6, 6.07) is 10.3. The van der Waals surface area contributed by atoms with Crippen molar-refractivity contribution in [1.82, 2.24) is 0 Å². The number of rotatable bonds is 3. The van der Waals surface area contributed by atoms with Gasteiger partial charge in [0.2, 0.25) is 0 Å². The summed E-state index contributed by atoms with van der Waals surface area (Å²) in [4.78, 5) is 0. The van der Waals surface area contributed by atoms with Gasteiger partial charge in [-0.15, -0.1) is 0 Å². The lowest BCUT2D eigenvalue weighted by Crippen LogP contribution is -1.95. The predicted molar refractivity (Wildman–Crippen MR) is 73.0 cm³/mol. The summed E-state index contributed by atoms with van der Waals surface area (Å²) in [5.74, 6) is 0.334. The van der Waals surface area contributed by atoms with E-state index in [1.54, 1.807) is 19.1 Å². The molecule has 0 fully saturated rings. The van der Waals surface area contributed by atoms with Gasteiger partial charge in [0.15, 0.2) is 11.6 Å². The molecule has 0 amide bonds. The lowest BCUT2D eigenvalue weighted by molar-refractivity contribution is 0.198. The maximum atomic E-state index is 13.9. The summed E-state index contributed by atoms with van der Waals surface area (Å²) in [5, 5.41) is 9.40. The molecule has 0 saturated heterocycles. The van der Waals surface area contributed by atoms with Crippen LogP contribution in [0.25, 0.3) is 0 Å². The highest BCUT2D eigenvalue weighted by molar-refractivity contribution is 5.41. The van der Waals surface area contributed by atoms with Gasteiger partial charge in [0.25, 0.3) is 0 Å². The van der Waals surface area contributed by atoms with Gasteiger partial charge in [-0.25, -0.2) is 4.39 Å². The first-order valence-electron chi connectivity index (χ1n) is 6.20. The number of aliphatic hydroxyl groups excluding tert-OH is 1. The van der Waals surface area contributed by atoms with E-state index in [2.05, 4.69) is 0 Å². The van der Waals surface area contributed by atoms with Crippen molar-refractivity contribution in [3.8, 4) is 11.5 Å². The zero-order chi connectivity index (χ0) is 14.0. The topological polar surface area (TPSA) is 29.5 Å². The third kappa shape index (κ3) is 3.12. The SMILES string of the molecule is Cc1ccc(C)c(Oc2ccc(C(C)O)cc2F)c1. The molecule has 3 heteroatoms. The van der Waals surface area contributed by atoms with Crippen molar-refractivity contribution in [3.05, 3.63) is 58.9 Å². The van der Waals surface area contributed by atoms with Crippen molar-refractivity contribution in [2.45, 2.75) is 26.9 Å². The summed E-state index contributed by atoms with van der Waals surface area (Å²) in [6.07, 6.45) is -0.691. The van der Waals surface area contributed by atoms with E-state index in [1.807, 2.05) is 32.0 Å². The molecular weight excluding hydrogens is 243 g/mol. The number of hydrogen-bond acceptors (Lipinski definition) is 2. The molecule has 1 N–H and O–H groups in total. The molecule has 0 bridgehead atoms. The predicted octanol–water partition coefficient (Wildman–Crippen LogP) is 4.29. The molecular formula is C16H17FO2. The van der Waals surface area contributed by atoms with Crippen LogP contribution in [0.15, 0.2) is 36.4 Å². The number of aryl methyl sites for hydroxylation is 2. The molecule has 19 heavy (non-hydrogen) atoms. The van der Waals surface area contributed by atoms with Crippen molar-refractivity contribution in [2.75, 3.05) is 0 Å². The number of halogens is 1. The third-order valence-corrected chi connectivity index (χ3v) is 3.00. The van der Waals surface area contributed by atoms with E-state index in [-0.39, 0.29) is 5.75 Å². The number of benzene rings is 2. The van der Waals surface area contributed by atoms with Gasteiger partial charge in [-0.05, 0) is 55.7 Å². The minimum atomic E-state index is -0.691. The Morgan fingerprint density at radius 2 is 1.79 bits per heavy atom. The van der Waals surface area contributed by atoms with Crippen LogP contribution in [0.3, 0.4) is 0 Å². The van der Waals surface area contributed by atoms with Gasteiger partial charge in [0.05, 0.1) is 6.10 Å². The van der Waals surface area contributed by atoms with Gasteiger partial charge in [0, 0.05) is 0 Å². The largest absolute Gasteiger partial charge is 0.454 e. The van der Waals surface area contributed by atoms with Gasteiger partial charge in [-0.3, -0.25) is 0 Å². The van der Waals surface area contributed by atoms with Gasteiger partial charge in [-0.2, -0.15) is 0 Å². The molecule has 0 radical (unpaired) electrons. The number of ether oxygens (including phenoxy) is 1. The molecule has 1 atom stereocenters. The first-order valence-corrected chi connectivity index (χ1v) is 6.20. The Bertz CT molecular complexity index is 591. The molecule has 0 spiro atoms. The van der Waals surface area contributed by atoms with Gasteiger partial charge < -0.3 is 9.84 Å². The molecule has 2 aromatic carbocycles. The molecule has 2 rings (SSSR count). The van der Waals surface area contributed by atoms with E-state index in [0.717, 1.165) is 11.1 Å². The molecule has 0 aliphatic carbocycles. The number of hydrogen-bond donors (Lipinski definition) is 1. The lowest BCUT2D eigenvalue weighted by atomic mass is 10.1. The molecule has 0 aromatic heterocycles. The van der Waals surface area contributed by atoms with Gasteiger partial charge in [-0.1, -0.05) is 18.2 Å². The number of aliphatic hydroxyl groups is 1. The van der Waals surface area contributed by atoms with Crippen molar-refractivity contribution in [3.63, 3.8) is 0 Å². The van der Waals surface area contributed by atoms with Crippen LogP contribution in [0, 0.1) is 19.7 Å². The van der Waals surface area contributed by atoms with E-state index in [4.69, 9.17) is 4.74 Å². The standard InChI is InChI=1S/C16H17FO2/c1-10-4-5-11(2)16(8-10)19-15-7-6-13(12(3)18)9-14(15)17/h4-9,12,18H,1-3H3. The normalized spacial score (nSPS) is 12.3. The second-order valence-electron chi connectivity index (χ2n) is 4.74. The molecule has 100 valence electrons. The second-order valence-corrected chi connectivity index (χ2v) is 4.74. The first kappa shape index (κ1) is 13.6. The zero-order valence-corrected chi connectivity index (χ0v) is 11.3. The Balaban J connectivity index is 2.31. The van der Waals surface area contributed by atoms with E-state index in [9.17, 15) is 9.50 Å². The first-order chi connectivity index (χ1) is 8.97. The fraction of sp³-hybridized carbons (Fsp3) is 0.250. The van der Waals surface area contributed by atoms with E-state index in [0.29, 0.717) is 11.3 Å². The zero-order valence-electron chi connectivity index (χ0n) is 11.3. The molecule has 1 unspecified atom stereocenters. The highest BCUT2D eigenvalue weighted by Crippen LogP contribution is 2.29. The highest BCUT2D eigenvalue weighted by Gasteiger charge is 2.10. The van der Waals surface area contributed by atoms with Crippen LogP contribution >= 0.6 is 0 Å². The smallest absolute Gasteiger partial charge is 0.166 e. The highest BCUT2D eigenvalue weighted by atomic mass is 19.1. The Labute approximate surface area is 112 Å². The minimum Gasteiger partial charge on any atom is -0.454 e. The van der Waals surface area contributed by atoms with Crippen LogP contribution in [-0.4, -0.2) is 5.11 Å². The molecule has 0 saturated carbocycles. The maximum absolute atomic E-state index is 13.9. The van der Waals surface area contributed by atoms with Crippen LogP contribution in [0.1, 0.15) is 29.7 Å².